The van der Waals surface area contributed by atoms with Crippen molar-refractivity contribution in [3.05, 3.63) is 84.4 Å². The molecule has 0 radical (unpaired) electrons. The molecule has 1 heterocycles. The largest absolute Gasteiger partial charge is 0.355 e. The molecule has 3 aromatic rings. The predicted molar refractivity (Wildman–Crippen MR) is 111 cm³/mol. The van der Waals surface area contributed by atoms with Gasteiger partial charge < -0.3 is 16.0 Å². The maximum atomic E-state index is 12.8. The van der Waals surface area contributed by atoms with Gasteiger partial charge in [-0.1, -0.05) is 30.3 Å². The summed E-state index contributed by atoms with van der Waals surface area (Å²) in [6.45, 7) is 1.28. The third kappa shape index (κ3) is 3.81. The number of nitrogens with zero attached hydrogens (tertiary/aromatic N) is 1. The van der Waals surface area contributed by atoms with Crippen molar-refractivity contribution in [2.45, 2.75) is 0 Å². The Balaban J connectivity index is 1.49. The Bertz CT molecular complexity index is 987. The van der Waals surface area contributed by atoms with Crippen molar-refractivity contribution < 1.29 is 9.59 Å². The lowest BCUT2D eigenvalue weighted by Crippen LogP contribution is -2.27. The summed E-state index contributed by atoms with van der Waals surface area (Å²) in [4.78, 5) is 26.2. The fourth-order valence-corrected chi connectivity index (χ4v) is 3.11. The highest BCUT2D eigenvalue weighted by atomic mass is 16.2. The molecular formula is C22H20N4O2. The van der Waals surface area contributed by atoms with Crippen LogP contribution in [0.2, 0.25) is 0 Å². The van der Waals surface area contributed by atoms with Crippen LogP contribution in [0.25, 0.3) is 0 Å². The van der Waals surface area contributed by atoms with Gasteiger partial charge in [0.25, 0.3) is 5.91 Å². The summed E-state index contributed by atoms with van der Waals surface area (Å²) < 4.78 is 0. The zero-order chi connectivity index (χ0) is 19.3. The zero-order valence-electron chi connectivity index (χ0n) is 15.2. The number of carbonyl (C=O) groups excluding carboxylic acids is 2. The van der Waals surface area contributed by atoms with Gasteiger partial charge in [0.2, 0.25) is 0 Å². The number of benzene rings is 3. The van der Waals surface area contributed by atoms with Crippen molar-refractivity contribution in [2.75, 3.05) is 28.6 Å². The third-order valence-electron chi connectivity index (χ3n) is 4.52. The van der Waals surface area contributed by atoms with Crippen LogP contribution in [-0.4, -0.2) is 25.0 Å². The normalized spacial score (nSPS) is 13.1. The van der Waals surface area contributed by atoms with E-state index < -0.39 is 0 Å². The maximum absolute atomic E-state index is 12.8. The minimum absolute atomic E-state index is 0.0994. The van der Waals surface area contributed by atoms with E-state index in [1.54, 1.807) is 23.1 Å². The van der Waals surface area contributed by atoms with Gasteiger partial charge in [0.05, 0.1) is 11.3 Å². The zero-order valence-corrected chi connectivity index (χ0v) is 15.2. The van der Waals surface area contributed by atoms with Crippen molar-refractivity contribution in [1.29, 1.82) is 0 Å². The van der Waals surface area contributed by atoms with Crippen LogP contribution in [0, 0.1) is 0 Å². The summed E-state index contributed by atoms with van der Waals surface area (Å²) in [6, 6.07) is 24.2. The summed E-state index contributed by atoms with van der Waals surface area (Å²) in [6.07, 6.45) is 0. The van der Waals surface area contributed by atoms with Gasteiger partial charge >= 0.3 is 6.03 Å². The van der Waals surface area contributed by atoms with Crippen molar-refractivity contribution in [1.82, 2.24) is 5.32 Å². The highest BCUT2D eigenvalue weighted by Gasteiger charge is 2.21. The second-order valence-corrected chi connectivity index (χ2v) is 6.42. The number of para-hydroxylation sites is 2. The molecule has 0 unspecified atom stereocenters. The number of nitrogens with one attached hydrogen (secondary N) is 3. The van der Waals surface area contributed by atoms with Gasteiger partial charge in [-0.25, -0.2) is 4.79 Å². The molecule has 1 fully saturated rings. The van der Waals surface area contributed by atoms with Gasteiger partial charge in [-0.05, 0) is 48.5 Å². The van der Waals surface area contributed by atoms with Gasteiger partial charge in [-0.15, -0.1) is 0 Å². The third-order valence-corrected chi connectivity index (χ3v) is 4.52. The lowest BCUT2D eigenvalue weighted by Gasteiger charge is -2.15. The Labute approximate surface area is 163 Å². The molecule has 3 aromatic carbocycles. The first-order valence-corrected chi connectivity index (χ1v) is 9.08. The Morgan fingerprint density at radius 3 is 2.29 bits per heavy atom. The average Bonchev–Trinajstić information content (AvgIpc) is 3.16. The minimum atomic E-state index is -0.203. The monoisotopic (exact) mass is 372 g/mol. The summed E-state index contributed by atoms with van der Waals surface area (Å²) >= 11 is 0. The molecule has 0 bridgehead atoms. The molecule has 140 valence electrons. The standard InChI is InChI=1S/C22H20N4O2/c27-21(19-8-4-5-9-20(19)24-16-6-2-1-3-7-16)25-17-10-12-18(13-11-17)26-15-14-23-22(26)28/h1-13,24H,14-15H2,(H,23,28)(H,25,27). The number of hydrogen-bond donors (Lipinski definition) is 3. The SMILES string of the molecule is O=C(Nc1ccc(N2CCNC2=O)cc1)c1ccccc1Nc1ccccc1. The van der Waals surface area contributed by atoms with Crippen LogP contribution in [0.5, 0.6) is 0 Å². The van der Waals surface area contributed by atoms with Crippen molar-refractivity contribution in [3.8, 4) is 0 Å². The second-order valence-electron chi connectivity index (χ2n) is 6.42. The van der Waals surface area contributed by atoms with Crippen molar-refractivity contribution in [3.63, 3.8) is 0 Å². The van der Waals surface area contributed by atoms with Gasteiger partial charge in [0.15, 0.2) is 0 Å². The van der Waals surface area contributed by atoms with E-state index >= 15 is 0 Å². The smallest absolute Gasteiger partial charge is 0.321 e. The molecule has 1 aliphatic rings. The summed E-state index contributed by atoms with van der Waals surface area (Å²) in [5.74, 6) is -0.203. The number of urea groups is 1. The summed E-state index contributed by atoms with van der Waals surface area (Å²) in [5, 5.41) is 8.97. The van der Waals surface area contributed by atoms with E-state index in [1.807, 2.05) is 60.7 Å². The van der Waals surface area contributed by atoms with Crippen LogP contribution < -0.4 is 20.9 Å². The van der Waals surface area contributed by atoms with E-state index in [1.165, 1.54) is 0 Å². The first kappa shape index (κ1) is 17.6. The molecule has 0 aliphatic carbocycles. The lowest BCUT2D eigenvalue weighted by molar-refractivity contribution is 0.102. The van der Waals surface area contributed by atoms with Crippen LogP contribution in [0.4, 0.5) is 27.5 Å². The molecule has 4 rings (SSSR count). The Morgan fingerprint density at radius 2 is 1.57 bits per heavy atom. The molecule has 6 nitrogen and oxygen atoms in total. The van der Waals surface area contributed by atoms with Gasteiger partial charge in [0.1, 0.15) is 0 Å². The maximum Gasteiger partial charge on any atom is 0.321 e. The van der Waals surface area contributed by atoms with Gasteiger partial charge in [-0.3, -0.25) is 9.69 Å². The van der Waals surface area contributed by atoms with Gasteiger partial charge in [0, 0.05) is 30.2 Å². The topological polar surface area (TPSA) is 73.5 Å². The fraction of sp³-hybridized carbons (Fsp3) is 0.0909. The Hall–Kier alpha value is -3.80. The Kier molecular flexibility index (Phi) is 4.93. The number of anilines is 4. The van der Waals surface area contributed by atoms with Crippen molar-refractivity contribution in [2.24, 2.45) is 0 Å². The molecule has 6 heteroatoms. The van der Waals surface area contributed by atoms with E-state index in [2.05, 4.69) is 16.0 Å². The van der Waals surface area contributed by atoms with Crippen LogP contribution in [0.15, 0.2) is 78.9 Å². The van der Waals surface area contributed by atoms with E-state index in [4.69, 9.17) is 0 Å². The summed E-state index contributed by atoms with van der Waals surface area (Å²) in [7, 11) is 0. The van der Waals surface area contributed by atoms with Crippen LogP contribution in [-0.2, 0) is 0 Å². The molecule has 28 heavy (non-hydrogen) atoms. The minimum Gasteiger partial charge on any atom is -0.355 e. The first-order chi connectivity index (χ1) is 13.7. The average molecular weight is 372 g/mol. The quantitative estimate of drug-likeness (QED) is 0.628. The molecule has 0 spiro atoms. The highest BCUT2D eigenvalue weighted by molar-refractivity contribution is 6.08. The molecule has 0 aromatic heterocycles. The van der Waals surface area contributed by atoms with Crippen LogP contribution in [0.1, 0.15) is 10.4 Å². The molecule has 3 N–H and O–H groups in total. The van der Waals surface area contributed by atoms with E-state index in [-0.39, 0.29) is 11.9 Å². The Morgan fingerprint density at radius 1 is 0.857 bits per heavy atom. The molecular weight excluding hydrogens is 352 g/mol. The molecule has 1 saturated heterocycles. The molecule has 0 saturated carbocycles. The fourth-order valence-electron chi connectivity index (χ4n) is 3.11. The van der Waals surface area contributed by atoms with Crippen molar-refractivity contribution >= 4 is 34.7 Å². The van der Waals surface area contributed by atoms with E-state index in [9.17, 15) is 9.59 Å². The number of hydrogen-bond acceptors (Lipinski definition) is 3. The van der Waals surface area contributed by atoms with E-state index in [0.717, 1.165) is 17.1 Å². The highest BCUT2D eigenvalue weighted by Crippen LogP contribution is 2.23. The number of rotatable bonds is 5. The molecule has 3 amide bonds. The predicted octanol–water partition coefficient (Wildman–Crippen LogP) is 4.21. The van der Waals surface area contributed by atoms with Gasteiger partial charge in [-0.2, -0.15) is 0 Å². The van der Waals surface area contributed by atoms with Crippen LogP contribution >= 0.6 is 0 Å². The number of carbonyl (C=O) groups is 2. The second kappa shape index (κ2) is 7.84. The number of amides is 3. The first-order valence-electron chi connectivity index (χ1n) is 9.08. The molecule has 0 atom stereocenters. The van der Waals surface area contributed by atoms with Crippen LogP contribution in [0.3, 0.4) is 0 Å². The lowest BCUT2D eigenvalue weighted by atomic mass is 10.1. The molecule has 1 aliphatic heterocycles. The summed E-state index contributed by atoms with van der Waals surface area (Å²) in [5.41, 5.74) is 3.67. The van der Waals surface area contributed by atoms with E-state index in [0.29, 0.717) is 24.3 Å².